The summed E-state index contributed by atoms with van der Waals surface area (Å²) in [7, 11) is 1.49. The van der Waals surface area contributed by atoms with Gasteiger partial charge in [-0.05, 0) is 18.6 Å². The summed E-state index contributed by atoms with van der Waals surface area (Å²) in [5.74, 6) is -0.326. The first kappa shape index (κ1) is 13.9. The first-order valence-corrected chi connectivity index (χ1v) is 5.97. The number of fused-ring (bicyclic) bond motifs is 1. The number of aliphatic imine (C=N–C) groups is 1. The van der Waals surface area contributed by atoms with Crippen molar-refractivity contribution in [3.8, 4) is 0 Å². The molecule has 0 spiro atoms. The summed E-state index contributed by atoms with van der Waals surface area (Å²) in [6.07, 6.45) is 2.97. The predicted octanol–water partition coefficient (Wildman–Crippen LogP) is 0.937. The van der Waals surface area contributed by atoms with Gasteiger partial charge in [-0.2, -0.15) is 0 Å². The highest BCUT2D eigenvalue weighted by molar-refractivity contribution is 5.87. The van der Waals surface area contributed by atoms with Gasteiger partial charge in [-0.1, -0.05) is 0 Å². The zero-order valence-corrected chi connectivity index (χ0v) is 11.5. The number of esters is 1. The quantitative estimate of drug-likeness (QED) is 0.463. The Morgan fingerprint density at radius 3 is 2.90 bits per heavy atom. The van der Waals surface area contributed by atoms with Gasteiger partial charge in [0.05, 0.1) is 5.39 Å². The van der Waals surface area contributed by atoms with E-state index in [2.05, 4.69) is 15.0 Å². The number of aryl methyl sites for hydroxylation is 1. The second-order valence-corrected chi connectivity index (χ2v) is 4.22. The molecule has 0 atom stereocenters. The fraction of sp³-hybridized carbons (Fsp3) is 0.308. The van der Waals surface area contributed by atoms with Crippen LogP contribution in [0, 0.1) is 6.92 Å². The van der Waals surface area contributed by atoms with E-state index < -0.39 is 5.97 Å². The molecule has 2 heterocycles. The van der Waals surface area contributed by atoms with Crippen molar-refractivity contribution in [3.63, 3.8) is 0 Å². The van der Waals surface area contributed by atoms with Gasteiger partial charge in [-0.3, -0.25) is 19.1 Å². The fourth-order valence-corrected chi connectivity index (χ4v) is 1.80. The molecule has 0 unspecified atom stereocenters. The van der Waals surface area contributed by atoms with E-state index in [1.165, 1.54) is 24.9 Å². The lowest BCUT2D eigenvalue weighted by atomic mass is 10.2. The van der Waals surface area contributed by atoms with E-state index in [9.17, 15) is 9.59 Å². The molecule has 20 heavy (non-hydrogen) atoms. The average Bonchev–Trinajstić information content (AvgIpc) is 2.40. The predicted molar refractivity (Wildman–Crippen MR) is 75.8 cm³/mol. The molecule has 0 aromatic carbocycles. The molecule has 0 N–H and O–H groups in total. The highest BCUT2D eigenvalue weighted by Crippen LogP contribution is 2.08. The van der Waals surface area contributed by atoms with Gasteiger partial charge in [-0.25, -0.2) is 9.97 Å². The van der Waals surface area contributed by atoms with Crippen LogP contribution in [0.5, 0.6) is 0 Å². The molecule has 7 nitrogen and oxygen atoms in total. The molecule has 0 bridgehead atoms. The normalized spacial score (nSPS) is 11.7. The molecule has 0 amide bonds. The van der Waals surface area contributed by atoms with Gasteiger partial charge in [-0.15, -0.1) is 0 Å². The Labute approximate surface area is 116 Å². The second-order valence-electron chi connectivity index (χ2n) is 4.22. The molecule has 0 aliphatic heterocycles. The molecular weight excluding hydrogens is 260 g/mol. The number of nitrogens with zero attached hydrogens (tertiary/aromatic N) is 4. The Morgan fingerprint density at radius 2 is 2.25 bits per heavy atom. The standard InChI is InChI=1S/C13H14N4O3.H2/c1-8-4-5-15-12-11(8)13(19)17(7-16-12)6-10(14-3)20-9(2)18;/h4-5,7H,6H2,1-3H3;1H. The minimum absolute atomic E-state index is 0. The lowest BCUT2D eigenvalue weighted by molar-refractivity contribution is -0.133. The van der Waals surface area contributed by atoms with Gasteiger partial charge in [0.1, 0.15) is 12.9 Å². The summed E-state index contributed by atoms with van der Waals surface area (Å²) in [5.41, 5.74) is 0.951. The van der Waals surface area contributed by atoms with Crippen LogP contribution in [0.25, 0.3) is 11.0 Å². The van der Waals surface area contributed by atoms with Crippen LogP contribution in [0.4, 0.5) is 0 Å². The Kier molecular flexibility index (Phi) is 3.88. The molecule has 7 heteroatoms. The number of hydrogen-bond donors (Lipinski definition) is 0. The number of ether oxygens (including phenoxy) is 1. The maximum atomic E-state index is 12.4. The minimum atomic E-state index is -0.481. The number of pyridine rings is 1. The van der Waals surface area contributed by atoms with Gasteiger partial charge in [0.25, 0.3) is 5.56 Å². The largest absolute Gasteiger partial charge is 0.410 e. The molecule has 0 aliphatic carbocycles. The van der Waals surface area contributed by atoms with E-state index in [1.807, 2.05) is 6.92 Å². The van der Waals surface area contributed by atoms with Gasteiger partial charge >= 0.3 is 5.97 Å². The topological polar surface area (TPSA) is 86.4 Å². The molecule has 0 saturated carbocycles. The van der Waals surface area contributed by atoms with Gasteiger partial charge in [0.2, 0.25) is 5.90 Å². The highest BCUT2D eigenvalue weighted by Gasteiger charge is 2.11. The van der Waals surface area contributed by atoms with Gasteiger partial charge in [0.15, 0.2) is 5.65 Å². The van der Waals surface area contributed by atoms with Gasteiger partial charge in [0, 0.05) is 21.6 Å². The number of aromatic nitrogens is 3. The summed E-state index contributed by atoms with van der Waals surface area (Å²) in [6.45, 7) is 3.14. The molecule has 0 radical (unpaired) electrons. The van der Waals surface area contributed by atoms with Gasteiger partial charge < -0.3 is 4.74 Å². The lowest BCUT2D eigenvalue weighted by Crippen LogP contribution is -2.27. The van der Waals surface area contributed by atoms with Crippen LogP contribution in [-0.4, -0.2) is 33.4 Å². The van der Waals surface area contributed by atoms with Crippen molar-refractivity contribution in [2.75, 3.05) is 7.05 Å². The summed E-state index contributed by atoms with van der Waals surface area (Å²) in [6, 6.07) is 1.75. The van der Waals surface area contributed by atoms with E-state index in [0.717, 1.165) is 5.56 Å². The molecule has 2 rings (SSSR count). The Morgan fingerprint density at radius 1 is 1.50 bits per heavy atom. The van der Waals surface area contributed by atoms with Crippen molar-refractivity contribution in [2.45, 2.75) is 20.4 Å². The number of carbonyl (C=O) groups excluding carboxylic acids is 1. The third kappa shape index (κ3) is 2.71. The SMILES string of the molecule is CN=C(Cn1cnc2nccc(C)c2c1=O)OC(C)=O.[HH]. The second kappa shape index (κ2) is 5.60. The number of hydrogen-bond acceptors (Lipinski definition) is 6. The van der Waals surface area contributed by atoms with Crippen LogP contribution < -0.4 is 5.56 Å². The molecule has 0 saturated heterocycles. The Hall–Kier alpha value is -2.57. The van der Waals surface area contributed by atoms with Crippen LogP contribution in [0.3, 0.4) is 0 Å². The van der Waals surface area contributed by atoms with Crippen molar-refractivity contribution in [1.29, 1.82) is 0 Å². The molecule has 2 aromatic heterocycles. The number of carbonyl (C=O) groups is 1. The zero-order valence-electron chi connectivity index (χ0n) is 11.5. The van der Waals surface area contributed by atoms with Crippen LogP contribution in [-0.2, 0) is 16.1 Å². The summed E-state index contributed by atoms with van der Waals surface area (Å²) < 4.78 is 6.24. The van der Waals surface area contributed by atoms with E-state index in [4.69, 9.17) is 4.74 Å². The Bertz CT molecular complexity index is 755. The third-order valence-electron chi connectivity index (χ3n) is 2.75. The van der Waals surface area contributed by atoms with Crippen LogP contribution in [0.1, 0.15) is 13.9 Å². The summed E-state index contributed by atoms with van der Waals surface area (Å²) >= 11 is 0. The molecule has 0 aliphatic rings. The van der Waals surface area contributed by atoms with E-state index in [1.54, 1.807) is 12.3 Å². The van der Waals surface area contributed by atoms with Crippen molar-refractivity contribution < 1.29 is 11.0 Å². The smallest absolute Gasteiger partial charge is 0.309 e. The Balaban J connectivity index is 0.00000220. The minimum Gasteiger partial charge on any atom is -0.410 e. The average molecular weight is 276 g/mol. The van der Waals surface area contributed by atoms with E-state index >= 15 is 0 Å². The molecular formula is C13H16N4O3. The first-order chi connectivity index (χ1) is 9.52. The van der Waals surface area contributed by atoms with Crippen molar-refractivity contribution in [2.24, 2.45) is 4.99 Å². The lowest BCUT2D eigenvalue weighted by Gasteiger charge is -2.08. The first-order valence-electron chi connectivity index (χ1n) is 5.97. The molecule has 106 valence electrons. The highest BCUT2D eigenvalue weighted by atomic mass is 16.5. The van der Waals surface area contributed by atoms with Crippen molar-refractivity contribution >= 4 is 22.9 Å². The van der Waals surface area contributed by atoms with Crippen LogP contribution in [0.15, 0.2) is 28.4 Å². The van der Waals surface area contributed by atoms with E-state index in [0.29, 0.717) is 11.0 Å². The summed E-state index contributed by atoms with van der Waals surface area (Å²) in [5, 5.41) is 0.452. The van der Waals surface area contributed by atoms with Crippen molar-refractivity contribution in [1.82, 2.24) is 14.5 Å². The monoisotopic (exact) mass is 276 g/mol. The molecule has 2 aromatic rings. The van der Waals surface area contributed by atoms with Crippen LogP contribution in [0.2, 0.25) is 0 Å². The number of rotatable bonds is 2. The maximum Gasteiger partial charge on any atom is 0.309 e. The third-order valence-corrected chi connectivity index (χ3v) is 2.75. The zero-order chi connectivity index (χ0) is 14.7. The fourth-order valence-electron chi connectivity index (χ4n) is 1.80. The summed E-state index contributed by atoms with van der Waals surface area (Å²) in [4.78, 5) is 35.3. The maximum absolute atomic E-state index is 12.4. The van der Waals surface area contributed by atoms with Crippen molar-refractivity contribution in [3.05, 3.63) is 34.5 Å². The van der Waals surface area contributed by atoms with Crippen LogP contribution >= 0.6 is 0 Å². The van der Waals surface area contributed by atoms with E-state index in [-0.39, 0.29) is 19.4 Å². The molecule has 0 fully saturated rings.